The molecule has 0 N–H and O–H groups in total. The summed E-state index contributed by atoms with van der Waals surface area (Å²) in [5, 5.41) is 0. The van der Waals surface area contributed by atoms with E-state index in [9.17, 15) is 31.1 Å². The highest BCUT2D eigenvalue weighted by Crippen LogP contribution is 2.59. The summed E-state index contributed by atoms with van der Waals surface area (Å²) in [5.41, 5.74) is -5.02. The summed E-state index contributed by atoms with van der Waals surface area (Å²) < 4.78 is 83.4. The average Bonchev–Trinajstić information content (AvgIpc) is 3.03. The molecule has 2 rings (SSSR count). The zero-order chi connectivity index (χ0) is 18.1. The number of rotatable bonds is 7. The van der Waals surface area contributed by atoms with Crippen LogP contribution in [0.3, 0.4) is 0 Å². The normalized spacial score (nSPS) is 26.2. The van der Waals surface area contributed by atoms with Crippen LogP contribution in [0.25, 0.3) is 0 Å². The SMILES string of the molecule is CCCCCCc1sc(C=O)cc1C1(F)C(F)C(F)=C(F)C1(F)F. The molecule has 0 saturated carbocycles. The van der Waals surface area contributed by atoms with Crippen molar-refractivity contribution < 1.29 is 31.1 Å². The highest BCUT2D eigenvalue weighted by molar-refractivity contribution is 7.13. The van der Waals surface area contributed by atoms with Crippen molar-refractivity contribution in [1.82, 2.24) is 0 Å². The average molecular weight is 370 g/mol. The van der Waals surface area contributed by atoms with E-state index >= 15 is 0 Å². The van der Waals surface area contributed by atoms with E-state index in [1.54, 1.807) is 0 Å². The molecule has 1 aromatic heterocycles. The first kappa shape index (κ1) is 19.0. The highest BCUT2D eigenvalue weighted by atomic mass is 32.1. The molecular formula is C16H16F6OS. The molecule has 0 amide bonds. The van der Waals surface area contributed by atoms with E-state index in [0.29, 0.717) is 12.7 Å². The van der Waals surface area contributed by atoms with Crippen molar-refractivity contribution in [2.24, 2.45) is 0 Å². The molecule has 0 aromatic carbocycles. The lowest BCUT2D eigenvalue weighted by Crippen LogP contribution is -2.44. The number of hydrogen-bond donors (Lipinski definition) is 0. The van der Waals surface area contributed by atoms with Gasteiger partial charge in [0.2, 0.25) is 11.5 Å². The molecule has 1 aliphatic rings. The molecule has 24 heavy (non-hydrogen) atoms. The number of carbonyl (C=O) groups is 1. The lowest BCUT2D eigenvalue weighted by Gasteiger charge is -2.29. The van der Waals surface area contributed by atoms with Crippen LogP contribution < -0.4 is 0 Å². The Morgan fingerprint density at radius 3 is 2.38 bits per heavy atom. The summed E-state index contributed by atoms with van der Waals surface area (Å²) in [4.78, 5) is 10.8. The molecule has 134 valence electrons. The smallest absolute Gasteiger partial charge is 0.297 e. The van der Waals surface area contributed by atoms with Crippen molar-refractivity contribution in [2.45, 2.75) is 56.8 Å². The molecule has 1 heterocycles. The Morgan fingerprint density at radius 1 is 1.21 bits per heavy atom. The van der Waals surface area contributed by atoms with Crippen molar-refractivity contribution in [1.29, 1.82) is 0 Å². The minimum Gasteiger partial charge on any atom is -0.297 e. The summed E-state index contributed by atoms with van der Waals surface area (Å²) >= 11 is 0.737. The summed E-state index contributed by atoms with van der Waals surface area (Å²) in [6, 6.07) is 0.763. The van der Waals surface area contributed by atoms with Gasteiger partial charge < -0.3 is 0 Å². The molecule has 0 saturated heterocycles. The topological polar surface area (TPSA) is 17.1 Å². The van der Waals surface area contributed by atoms with Crippen LogP contribution in [0.1, 0.15) is 52.7 Å². The standard InChI is InChI=1S/C16H16F6OS/c1-2-3-4-5-6-11-10(7-9(8-23)24-11)15(20)13(18)12(17)14(19)16(15,21)22/h7-8,13H,2-6H2,1H3. The van der Waals surface area contributed by atoms with Gasteiger partial charge in [-0.2, -0.15) is 8.78 Å². The maximum absolute atomic E-state index is 14.9. The molecule has 0 bridgehead atoms. The summed E-state index contributed by atoms with van der Waals surface area (Å²) in [7, 11) is 0. The van der Waals surface area contributed by atoms with Crippen LogP contribution in [0, 0.1) is 0 Å². The Morgan fingerprint density at radius 2 is 1.88 bits per heavy atom. The second-order valence-corrected chi connectivity index (χ2v) is 6.89. The van der Waals surface area contributed by atoms with Gasteiger partial charge in [-0.05, 0) is 18.9 Å². The van der Waals surface area contributed by atoms with Gasteiger partial charge in [0.15, 0.2) is 18.3 Å². The van der Waals surface area contributed by atoms with E-state index in [0.717, 1.165) is 36.7 Å². The fourth-order valence-corrected chi connectivity index (χ4v) is 3.85. The Balaban J connectivity index is 2.43. The van der Waals surface area contributed by atoms with Gasteiger partial charge in [-0.1, -0.05) is 26.2 Å². The maximum atomic E-state index is 14.9. The van der Waals surface area contributed by atoms with Crippen molar-refractivity contribution in [3.05, 3.63) is 33.0 Å². The number of allylic oxidation sites excluding steroid dienone is 2. The Bertz CT molecular complexity index is 653. The van der Waals surface area contributed by atoms with Crippen LogP contribution in [-0.4, -0.2) is 18.4 Å². The largest absolute Gasteiger partial charge is 0.342 e. The quantitative estimate of drug-likeness (QED) is 0.328. The van der Waals surface area contributed by atoms with E-state index in [1.807, 2.05) is 6.92 Å². The molecule has 8 heteroatoms. The molecule has 2 unspecified atom stereocenters. The first-order chi connectivity index (χ1) is 11.2. The van der Waals surface area contributed by atoms with Gasteiger partial charge in [-0.25, -0.2) is 17.6 Å². The first-order valence-corrected chi connectivity index (χ1v) is 8.38. The van der Waals surface area contributed by atoms with Crippen molar-refractivity contribution >= 4 is 17.6 Å². The highest BCUT2D eigenvalue weighted by Gasteiger charge is 2.72. The second kappa shape index (κ2) is 6.90. The Hall–Kier alpha value is -1.31. The van der Waals surface area contributed by atoms with Crippen molar-refractivity contribution in [3.63, 3.8) is 0 Å². The molecule has 0 fully saturated rings. The van der Waals surface area contributed by atoms with Gasteiger partial charge in [0.25, 0.3) is 0 Å². The zero-order valence-corrected chi connectivity index (χ0v) is 13.7. The van der Waals surface area contributed by atoms with Crippen LogP contribution >= 0.6 is 11.3 Å². The van der Waals surface area contributed by atoms with Gasteiger partial charge in [-0.15, -0.1) is 11.3 Å². The lowest BCUT2D eigenvalue weighted by atomic mass is 9.88. The van der Waals surface area contributed by atoms with Gasteiger partial charge in [0.05, 0.1) is 4.88 Å². The van der Waals surface area contributed by atoms with Crippen LogP contribution in [0.5, 0.6) is 0 Å². The van der Waals surface area contributed by atoms with Crippen LogP contribution in [0.15, 0.2) is 17.7 Å². The molecule has 1 nitrogen and oxygen atoms in total. The van der Waals surface area contributed by atoms with E-state index < -0.39 is 35.0 Å². The third-order valence-corrected chi connectivity index (χ3v) is 5.23. The molecule has 1 aliphatic carbocycles. The fraction of sp³-hybridized carbons (Fsp3) is 0.562. The van der Waals surface area contributed by atoms with Gasteiger partial charge in [0.1, 0.15) is 0 Å². The number of carbonyl (C=O) groups excluding carboxylic acids is 1. The number of hydrogen-bond acceptors (Lipinski definition) is 2. The predicted octanol–water partition coefficient (Wildman–Crippen LogP) is 5.99. The van der Waals surface area contributed by atoms with E-state index in [1.165, 1.54) is 0 Å². The van der Waals surface area contributed by atoms with Crippen molar-refractivity contribution in [3.8, 4) is 0 Å². The number of thiophene rings is 1. The summed E-state index contributed by atoms with van der Waals surface area (Å²) in [6.45, 7) is 1.96. The van der Waals surface area contributed by atoms with Crippen LogP contribution in [0.2, 0.25) is 0 Å². The lowest BCUT2D eigenvalue weighted by molar-refractivity contribution is -0.137. The molecule has 0 aliphatic heterocycles. The summed E-state index contributed by atoms with van der Waals surface area (Å²) in [5.74, 6) is -10.1. The van der Waals surface area contributed by atoms with Gasteiger partial charge in [0, 0.05) is 10.4 Å². The third-order valence-electron chi connectivity index (χ3n) is 4.11. The van der Waals surface area contributed by atoms with Gasteiger partial charge >= 0.3 is 5.92 Å². The van der Waals surface area contributed by atoms with E-state index in [-0.39, 0.29) is 16.2 Å². The maximum Gasteiger partial charge on any atom is 0.342 e. The van der Waals surface area contributed by atoms with Crippen molar-refractivity contribution in [2.75, 3.05) is 0 Å². The minimum absolute atomic E-state index is 0.0144. The van der Waals surface area contributed by atoms with Crippen LogP contribution in [-0.2, 0) is 12.1 Å². The number of aryl methyl sites for hydroxylation is 1. The number of halogens is 6. The molecule has 0 spiro atoms. The van der Waals surface area contributed by atoms with E-state index in [4.69, 9.17) is 0 Å². The van der Waals surface area contributed by atoms with Gasteiger partial charge in [-0.3, -0.25) is 4.79 Å². The number of aldehydes is 1. The third kappa shape index (κ3) is 2.78. The Kier molecular flexibility index (Phi) is 5.47. The minimum atomic E-state index is -4.96. The number of alkyl halides is 4. The van der Waals surface area contributed by atoms with Crippen LogP contribution in [0.4, 0.5) is 26.3 Å². The predicted molar refractivity (Wildman–Crippen MR) is 79.4 cm³/mol. The zero-order valence-electron chi connectivity index (χ0n) is 12.9. The second-order valence-electron chi connectivity index (χ2n) is 5.72. The molecule has 2 atom stereocenters. The first-order valence-electron chi connectivity index (χ1n) is 7.56. The van der Waals surface area contributed by atoms with E-state index in [2.05, 4.69) is 0 Å². The number of unbranched alkanes of at least 4 members (excludes halogenated alkanes) is 3. The monoisotopic (exact) mass is 370 g/mol. The summed E-state index contributed by atoms with van der Waals surface area (Å²) in [6.07, 6.45) is 0.0234. The fourth-order valence-electron chi connectivity index (χ4n) is 2.77. The molecule has 1 aromatic rings. The Labute approximate surface area is 139 Å². The molecule has 0 radical (unpaired) electrons. The molecular weight excluding hydrogens is 354 g/mol.